The molecule has 0 saturated carbocycles. The fraction of sp³-hybridized carbons (Fsp3) is 0.368. The molecule has 2 aliphatic carbocycles. The highest BCUT2D eigenvalue weighted by atomic mass is 32.1. The summed E-state index contributed by atoms with van der Waals surface area (Å²) in [7, 11) is 0. The van der Waals surface area contributed by atoms with Gasteiger partial charge in [-0.05, 0) is 73.8 Å². The SMILES string of the molecule is c1nc(Nc2ccc3c(c2)CCC3)c2c3c(sc2n1)CCCC3. The fourth-order valence-corrected chi connectivity index (χ4v) is 5.20. The van der Waals surface area contributed by atoms with Gasteiger partial charge in [0.05, 0.1) is 5.39 Å². The van der Waals surface area contributed by atoms with E-state index in [1.807, 2.05) is 11.3 Å². The third kappa shape index (κ3) is 2.24. The zero-order valence-electron chi connectivity index (χ0n) is 13.1. The maximum Gasteiger partial charge on any atom is 0.142 e. The van der Waals surface area contributed by atoms with E-state index in [1.54, 1.807) is 6.33 Å². The van der Waals surface area contributed by atoms with Crippen LogP contribution in [0.1, 0.15) is 40.8 Å². The van der Waals surface area contributed by atoms with Gasteiger partial charge in [0.2, 0.25) is 0 Å². The summed E-state index contributed by atoms with van der Waals surface area (Å²) in [6.45, 7) is 0. The molecule has 23 heavy (non-hydrogen) atoms. The number of benzene rings is 1. The quantitative estimate of drug-likeness (QED) is 0.736. The Kier molecular flexibility index (Phi) is 3.11. The number of hydrogen-bond donors (Lipinski definition) is 1. The summed E-state index contributed by atoms with van der Waals surface area (Å²) in [4.78, 5) is 11.7. The minimum Gasteiger partial charge on any atom is -0.340 e. The first kappa shape index (κ1) is 13.5. The molecule has 2 aliphatic rings. The van der Waals surface area contributed by atoms with Crippen molar-refractivity contribution in [3.8, 4) is 0 Å². The van der Waals surface area contributed by atoms with Crippen molar-refractivity contribution >= 4 is 33.1 Å². The van der Waals surface area contributed by atoms with E-state index in [2.05, 4.69) is 33.5 Å². The molecule has 1 N–H and O–H groups in total. The third-order valence-electron chi connectivity index (χ3n) is 5.11. The Hall–Kier alpha value is -1.94. The summed E-state index contributed by atoms with van der Waals surface area (Å²) in [6.07, 6.45) is 10.4. The van der Waals surface area contributed by atoms with Crippen LogP contribution in [-0.4, -0.2) is 9.97 Å². The molecule has 5 rings (SSSR count). The van der Waals surface area contributed by atoms with Crippen molar-refractivity contribution in [1.82, 2.24) is 9.97 Å². The molecule has 0 aliphatic heterocycles. The number of anilines is 2. The first-order chi connectivity index (χ1) is 11.4. The predicted octanol–water partition coefficient (Wildman–Crippen LogP) is 4.80. The van der Waals surface area contributed by atoms with E-state index in [1.165, 1.54) is 71.9 Å². The van der Waals surface area contributed by atoms with Crippen molar-refractivity contribution in [1.29, 1.82) is 0 Å². The van der Waals surface area contributed by atoms with Gasteiger partial charge in [-0.3, -0.25) is 0 Å². The Bertz CT molecular complexity index is 897. The standard InChI is InChI=1S/C19H19N3S/c1-2-7-16-15(6-1)17-18(20-11-21-19(17)23-16)22-14-9-8-12-4-3-5-13(12)10-14/h8-11H,1-7H2,(H,20,21,22). The Morgan fingerprint density at radius 1 is 0.913 bits per heavy atom. The highest BCUT2D eigenvalue weighted by molar-refractivity contribution is 7.19. The van der Waals surface area contributed by atoms with Crippen LogP contribution < -0.4 is 5.32 Å². The Morgan fingerprint density at radius 2 is 1.83 bits per heavy atom. The molecule has 0 atom stereocenters. The lowest BCUT2D eigenvalue weighted by Crippen LogP contribution is -2.01. The zero-order chi connectivity index (χ0) is 15.2. The maximum absolute atomic E-state index is 4.56. The van der Waals surface area contributed by atoms with E-state index in [4.69, 9.17) is 0 Å². The Morgan fingerprint density at radius 3 is 2.83 bits per heavy atom. The van der Waals surface area contributed by atoms with E-state index in [0.717, 1.165) is 16.3 Å². The lowest BCUT2D eigenvalue weighted by molar-refractivity contribution is 0.700. The van der Waals surface area contributed by atoms with Crippen LogP contribution in [0.4, 0.5) is 11.5 Å². The molecular formula is C19H19N3S. The molecule has 3 nitrogen and oxygen atoms in total. The van der Waals surface area contributed by atoms with Crippen molar-refractivity contribution in [3.05, 3.63) is 46.1 Å². The second kappa shape index (κ2) is 5.31. The Labute approximate surface area is 139 Å². The lowest BCUT2D eigenvalue weighted by atomic mass is 9.97. The number of hydrogen-bond acceptors (Lipinski definition) is 4. The summed E-state index contributed by atoms with van der Waals surface area (Å²) in [5, 5.41) is 4.83. The average Bonchev–Trinajstić information content (AvgIpc) is 3.18. The van der Waals surface area contributed by atoms with Gasteiger partial charge in [0.15, 0.2) is 0 Å². The monoisotopic (exact) mass is 321 g/mol. The molecule has 0 bridgehead atoms. The van der Waals surface area contributed by atoms with Crippen LogP contribution in [0.5, 0.6) is 0 Å². The minimum absolute atomic E-state index is 0.979. The summed E-state index contributed by atoms with van der Waals surface area (Å²) in [6, 6.07) is 6.76. The molecule has 0 unspecified atom stereocenters. The number of fused-ring (bicyclic) bond motifs is 4. The molecule has 4 heteroatoms. The van der Waals surface area contributed by atoms with Gasteiger partial charge < -0.3 is 5.32 Å². The highest BCUT2D eigenvalue weighted by Gasteiger charge is 2.20. The van der Waals surface area contributed by atoms with Crippen LogP contribution in [0.2, 0.25) is 0 Å². The topological polar surface area (TPSA) is 37.8 Å². The molecule has 0 radical (unpaired) electrons. The average molecular weight is 321 g/mol. The number of aromatic nitrogens is 2. The van der Waals surface area contributed by atoms with E-state index in [-0.39, 0.29) is 0 Å². The molecule has 3 aromatic rings. The number of rotatable bonds is 2. The smallest absolute Gasteiger partial charge is 0.142 e. The van der Waals surface area contributed by atoms with E-state index >= 15 is 0 Å². The van der Waals surface area contributed by atoms with Crippen molar-refractivity contribution in [2.24, 2.45) is 0 Å². The summed E-state index contributed by atoms with van der Waals surface area (Å²) in [5.41, 5.74) is 5.64. The molecule has 0 saturated heterocycles. The predicted molar refractivity (Wildman–Crippen MR) is 95.8 cm³/mol. The van der Waals surface area contributed by atoms with Crippen LogP contribution >= 0.6 is 11.3 Å². The summed E-state index contributed by atoms with van der Waals surface area (Å²) in [5.74, 6) is 0.979. The largest absolute Gasteiger partial charge is 0.340 e. The lowest BCUT2D eigenvalue weighted by Gasteiger charge is -2.13. The van der Waals surface area contributed by atoms with Gasteiger partial charge >= 0.3 is 0 Å². The zero-order valence-corrected chi connectivity index (χ0v) is 13.9. The second-order valence-corrected chi connectivity index (χ2v) is 7.66. The van der Waals surface area contributed by atoms with Gasteiger partial charge in [0.1, 0.15) is 17.0 Å². The first-order valence-corrected chi connectivity index (χ1v) is 9.34. The fourth-order valence-electron chi connectivity index (χ4n) is 3.97. The van der Waals surface area contributed by atoms with Gasteiger partial charge in [0, 0.05) is 10.6 Å². The van der Waals surface area contributed by atoms with Crippen molar-refractivity contribution in [3.63, 3.8) is 0 Å². The maximum atomic E-state index is 4.56. The van der Waals surface area contributed by atoms with Crippen LogP contribution in [0.15, 0.2) is 24.5 Å². The van der Waals surface area contributed by atoms with Gasteiger partial charge in [-0.1, -0.05) is 6.07 Å². The number of nitrogens with zero attached hydrogens (tertiary/aromatic N) is 2. The van der Waals surface area contributed by atoms with Gasteiger partial charge in [-0.2, -0.15) is 0 Å². The summed E-state index contributed by atoms with van der Waals surface area (Å²) >= 11 is 1.85. The van der Waals surface area contributed by atoms with Gasteiger partial charge in [-0.15, -0.1) is 11.3 Å². The normalized spacial score (nSPS) is 16.3. The van der Waals surface area contributed by atoms with E-state index < -0.39 is 0 Å². The van der Waals surface area contributed by atoms with Crippen molar-refractivity contribution in [2.75, 3.05) is 5.32 Å². The Balaban J connectivity index is 1.59. The molecule has 2 aromatic heterocycles. The molecule has 2 heterocycles. The van der Waals surface area contributed by atoms with Gasteiger partial charge in [-0.25, -0.2) is 9.97 Å². The molecule has 0 spiro atoms. The minimum atomic E-state index is 0.979. The van der Waals surface area contributed by atoms with Crippen molar-refractivity contribution in [2.45, 2.75) is 44.9 Å². The number of thiophene rings is 1. The number of aryl methyl sites for hydroxylation is 4. The third-order valence-corrected chi connectivity index (χ3v) is 6.31. The van der Waals surface area contributed by atoms with E-state index in [9.17, 15) is 0 Å². The van der Waals surface area contributed by atoms with E-state index in [0.29, 0.717) is 0 Å². The molecular weight excluding hydrogens is 302 g/mol. The molecule has 0 fully saturated rings. The molecule has 0 amide bonds. The van der Waals surface area contributed by atoms with Crippen LogP contribution in [0.25, 0.3) is 10.2 Å². The van der Waals surface area contributed by atoms with Crippen LogP contribution in [0, 0.1) is 0 Å². The number of nitrogens with one attached hydrogen (secondary N) is 1. The van der Waals surface area contributed by atoms with Crippen molar-refractivity contribution < 1.29 is 0 Å². The molecule has 1 aromatic carbocycles. The van der Waals surface area contributed by atoms with Gasteiger partial charge in [0.25, 0.3) is 0 Å². The second-order valence-electron chi connectivity index (χ2n) is 6.58. The van der Waals surface area contributed by atoms with Crippen LogP contribution in [0.3, 0.4) is 0 Å². The first-order valence-electron chi connectivity index (χ1n) is 8.52. The highest BCUT2D eigenvalue weighted by Crippen LogP contribution is 2.39. The summed E-state index contributed by atoms with van der Waals surface area (Å²) < 4.78 is 0. The molecule has 116 valence electrons. The van der Waals surface area contributed by atoms with Crippen LogP contribution in [-0.2, 0) is 25.7 Å².